The lowest BCUT2D eigenvalue weighted by Crippen LogP contribution is -2.28. The van der Waals surface area contributed by atoms with Gasteiger partial charge in [-0.25, -0.2) is 0 Å². The topological polar surface area (TPSA) is 66.4 Å². The summed E-state index contributed by atoms with van der Waals surface area (Å²) in [7, 11) is 0. The number of benzene rings is 1. The summed E-state index contributed by atoms with van der Waals surface area (Å²) in [6, 6.07) is 9.96. The van der Waals surface area contributed by atoms with Crippen LogP contribution in [0.5, 0.6) is 0 Å². The monoisotopic (exact) mass is 265 g/mol. The number of thioether (sulfide) groups is 1. The van der Waals surface area contributed by atoms with Crippen molar-refractivity contribution in [3.05, 3.63) is 30.3 Å². The van der Waals surface area contributed by atoms with Crippen LogP contribution in [0.25, 0.3) is 0 Å². The third kappa shape index (κ3) is 3.50. The number of hydrogen-bond acceptors (Lipinski definition) is 3. The van der Waals surface area contributed by atoms with Crippen LogP contribution in [0.3, 0.4) is 0 Å². The van der Waals surface area contributed by atoms with E-state index in [4.69, 9.17) is 5.11 Å². The van der Waals surface area contributed by atoms with E-state index >= 15 is 0 Å². The van der Waals surface area contributed by atoms with Gasteiger partial charge < -0.3 is 10.4 Å². The standard InChI is InChI=1S/C13H15NO3S/c15-12(10-8-11(10)13(16)17)14-6-7-18-9-4-2-1-3-5-9/h1-5,10-11H,6-8H2,(H,14,15)(H,16,17). The summed E-state index contributed by atoms with van der Waals surface area (Å²) in [6.07, 6.45) is 0.479. The number of nitrogens with one attached hydrogen (secondary N) is 1. The average Bonchev–Trinajstić information content (AvgIpc) is 3.16. The fourth-order valence-corrected chi connectivity index (χ4v) is 2.54. The number of carboxylic acids is 1. The molecule has 0 spiro atoms. The summed E-state index contributed by atoms with van der Waals surface area (Å²) < 4.78 is 0. The Morgan fingerprint density at radius 3 is 2.61 bits per heavy atom. The Hall–Kier alpha value is -1.49. The molecule has 1 aromatic rings. The van der Waals surface area contributed by atoms with Crippen LogP contribution in [0.2, 0.25) is 0 Å². The third-order valence-electron chi connectivity index (χ3n) is 2.86. The summed E-state index contributed by atoms with van der Waals surface area (Å²) in [5, 5.41) is 11.5. The van der Waals surface area contributed by atoms with Gasteiger partial charge in [0, 0.05) is 17.2 Å². The highest BCUT2D eigenvalue weighted by atomic mass is 32.2. The molecule has 1 fully saturated rings. The maximum atomic E-state index is 11.5. The van der Waals surface area contributed by atoms with Crippen LogP contribution in [0.15, 0.2) is 35.2 Å². The van der Waals surface area contributed by atoms with Gasteiger partial charge in [-0.3, -0.25) is 9.59 Å². The molecule has 1 aliphatic carbocycles. The van der Waals surface area contributed by atoms with Crippen LogP contribution in [-0.2, 0) is 9.59 Å². The highest BCUT2D eigenvalue weighted by Crippen LogP contribution is 2.38. The number of aliphatic carboxylic acids is 1. The van der Waals surface area contributed by atoms with Crippen LogP contribution in [0.4, 0.5) is 0 Å². The number of carbonyl (C=O) groups excluding carboxylic acids is 1. The summed E-state index contributed by atoms with van der Waals surface area (Å²) in [5.41, 5.74) is 0. The summed E-state index contributed by atoms with van der Waals surface area (Å²) in [4.78, 5) is 23.3. The molecule has 0 aliphatic heterocycles. The van der Waals surface area contributed by atoms with Gasteiger partial charge in [0.15, 0.2) is 0 Å². The van der Waals surface area contributed by atoms with Crippen molar-refractivity contribution in [3.63, 3.8) is 0 Å². The first-order valence-electron chi connectivity index (χ1n) is 5.87. The summed E-state index contributed by atoms with van der Waals surface area (Å²) in [5.74, 6) is -0.985. The average molecular weight is 265 g/mol. The van der Waals surface area contributed by atoms with Gasteiger partial charge in [0.1, 0.15) is 0 Å². The van der Waals surface area contributed by atoms with Gasteiger partial charge in [0.25, 0.3) is 0 Å². The lowest BCUT2D eigenvalue weighted by Gasteiger charge is -2.04. The Kier molecular flexibility index (Phi) is 4.25. The molecule has 2 N–H and O–H groups in total. The van der Waals surface area contributed by atoms with Crippen LogP contribution < -0.4 is 5.32 Å². The van der Waals surface area contributed by atoms with Gasteiger partial charge >= 0.3 is 5.97 Å². The second-order valence-electron chi connectivity index (χ2n) is 4.24. The van der Waals surface area contributed by atoms with E-state index in [1.807, 2.05) is 30.3 Å². The van der Waals surface area contributed by atoms with Crippen molar-refractivity contribution in [3.8, 4) is 0 Å². The molecule has 1 aliphatic rings. The van der Waals surface area contributed by atoms with E-state index in [-0.39, 0.29) is 11.8 Å². The van der Waals surface area contributed by atoms with E-state index in [9.17, 15) is 9.59 Å². The largest absolute Gasteiger partial charge is 0.481 e. The highest BCUT2D eigenvalue weighted by Gasteiger charge is 2.48. The molecule has 96 valence electrons. The number of rotatable bonds is 6. The van der Waals surface area contributed by atoms with Gasteiger partial charge in [-0.15, -0.1) is 11.8 Å². The van der Waals surface area contributed by atoms with Crippen LogP contribution in [0, 0.1) is 11.8 Å². The molecule has 0 heterocycles. The predicted molar refractivity (Wildman–Crippen MR) is 69.4 cm³/mol. The smallest absolute Gasteiger partial charge is 0.307 e. The Labute approximate surface area is 110 Å². The van der Waals surface area contributed by atoms with Crippen molar-refractivity contribution < 1.29 is 14.7 Å². The molecule has 2 atom stereocenters. The maximum absolute atomic E-state index is 11.5. The molecule has 0 bridgehead atoms. The fraction of sp³-hybridized carbons (Fsp3) is 0.385. The lowest BCUT2D eigenvalue weighted by molar-refractivity contribution is -0.140. The molecule has 0 aromatic heterocycles. The van der Waals surface area contributed by atoms with Crippen molar-refractivity contribution >= 4 is 23.6 Å². The summed E-state index contributed by atoms with van der Waals surface area (Å²) >= 11 is 1.67. The molecule has 1 aromatic carbocycles. The lowest BCUT2D eigenvalue weighted by atomic mass is 10.3. The first-order chi connectivity index (χ1) is 8.68. The number of carboxylic acid groups (broad SMARTS) is 1. The molecule has 2 rings (SSSR count). The second kappa shape index (κ2) is 5.91. The zero-order valence-corrected chi connectivity index (χ0v) is 10.7. The Bertz CT molecular complexity index is 435. The van der Waals surface area contributed by atoms with Crippen LogP contribution in [0.1, 0.15) is 6.42 Å². The van der Waals surface area contributed by atoms with Gasteiger partial charge in [0.2, 0.25) is 5.91 Å². The predicted octanol–water partition coefficient (Wildman–Crippen LogP) is 1.62. The van der Waals surface area contributed by atoms with Crippen LogP contribution >= 0.6 is 11.8 Å². The molecule has 18 heavy (non-hydrogen) atoms. The van der Waals surface area contributed by atoms with E-state index in [0.717, 1.165) is 5.75 Å². The maximum Gasteiger partial charge on any atom is 0.307 e. The number of hydrogen-bond donors (Lipinski definition) is 2. The van der Waals surface area contributed by atoms with Gasteiger partial charge in [-0.05, 0) is 18.6 Å². The van der Waals surface area contributed by atoms with Crippen molar-refractivity contribution in [2.75, 3.05) is 12.3 Å². The molecule has 5 heteroatoms. The molecule has 0 saturated heterocycles. The highest BCUT2D eigenvalue weighted by molar-refractivity contribution is 7.99. The van der Waals surface area contributed by atoms with Crippen molar-refractivity contribution in [2.45, 2.75) is 11.3 Å². The minimum Gasteiger partial charge on any atom is -0.481 e. The van der Waals surface area contributed by atoms with E-state index in [1.165, 1.54) is 4.90 Å². The molecular formula is C13H15NO3S. The van der Waals surface area contributed by atoms with Crippen molar-refractivity contribution in [1.29, 1.82) is 0 Å². The number of amides is 1. The van der Waals surface area contributed by atoms with E-state index < -0.39 is 11.9 Å². The molecular weight excluding hydrogens is 250 g/mol. The SMILES string of the molecule is O=C(O)C1CC1C(=O)NCCSc1ccccc1. The Morgan fingerprint density at radius 2 is 2.00 bits per heavy atom. The Balaban J connectivity index is 1.62. The fourth-order valence-electron chi connectivity index (χ4n) is 1.75. The van der Waals surface area contributed by atoms with Gasteiger partial charge in [-0.2, -0.15) is 0 Å². The first kappa shape index (κ1) is 13.0. The van der Waals surface area contributed by atoms with Gasteiger partial charge in [0.05, 0.1) is 11.8 Å². The van der Waals surface area contributed by atoms with E-state index in [0.29, 0.717) is 13.0 Å². The third-order valence-corrected chi connectivity index (χ3v) is 3.87. The quantitative estimate of drug-likeness (QED) is 0.606. The molecule has 4 nitrogen and oxygen atoms in total. The zero-order valence-electron chi connectivity index (χ0n) is 9.83. The second-order valence-corrected chi connectivity index (χ2v) is 5.41. The van der Waals surface area contributed by atoms with Crippen LogP contribution in [-0.4, -0.2) is 29.3 Å². The minimum atomic E-state index is -0.867. The molecule has 1 saturated carbocycles. The van der Waals surface area contributed by atoms with E-state index in [2.05, 4.69) is 5.32 Å². The van der Waals surface area contributed by atoms with Crippen molar-refractivity contribution in [2.24, 2.45) is 11.8 Å². The zero-order chi connectivity index (χ0) is 13.0. The first-order valence-corrected chi connectivity index (χ1v) is 6.85. The van der Waals surface area contributed by atoms with Crippen molar-refractivity contribution in [1.82, 2.24) is 5.32 Å². The normalized spacial score (nSPS) is 21.3. The molecule has 1 amide bonds. The van der Waals surface area contributed by atoms with E-state index in [1.54, 1.807) is 11.8 Å². The summed E-state index contributed by atoms with van der Waals surface area (Å²) in [6.45, 7) is 0.571. The molecule has 0 radical (unpaired) electrons. The van der Waals surface area contributed by atoms with Gasteiger partial charge in [-0.1, -0.05) is 18.2 Å². The minimum absolute atomic E-state index is 0.129. The number of carbonyl (C=O) groups is 2. The Morgan fingerprint density at radius 1 is 1.28 bits per heavy atom. The molecule has 2 unspecified atom stereocenters.